The van der Waals surface area contributed by atoms with Gasteiger partial charge in [0.1, 0.15) is 0 Å². The van der Waals surface area contributed by atoms with E-state index in [1.54, 1.807) is 0 Å². The van der Waals surface area contributed by atoms with Gasteiger partial charge in [-0.3, -0.25) is 4.90 Å². The summed E-state index contributed by atoms with van der Waals surface area (Å²) in [6.45, 7) is 4.27. The summed E-state index contributed by atoms with van der Waals surface area (Å²) in [6, 6.07) is 11.5. The van der Waals surface area contributed by atoms with Crippen molar-refractivity contribution in [3.63, 3.8) is 0 Å². The lowest BCUT2D eigenvalue weighted by atomic mass is 9.98. The Morgan fingerprint density at radius 1 is 1.38 bits per heavy atom. The Bertz CT molecular complexity index is 271. The molecule has 0 unspecified atom stereocenters. The maximum absolute atomic E-state index is 5.82. The van der Waals surface area contributed by atoms with Crippen LogP contribution in [0.1, 0.15) is 12.5 Å². The molecule has 2 nitrogen and oxygen atoms in total. The number of nitrogens with two attached hydrogens (primary N) is 1. The summed E-state index contributed by atoms with van der Waals surface area (Å²) in [7, 11) is 0. The predicted molar refractivity (Wildman–Crippen MR) is 54.3 cm³/mol. The molecule has 0 bridgehead atoms. The van der Waals surface area contributed by atoms with Gasteiger partial charge in [0.25, 0.3) is 0 Å². The zero-order chi connectivity index (χ0) is 9.26. The molecule has 0 amide bonds. The summed E-state index contributed by atoms with van der Waals surface area (Å²) in [5, 5.41) is 0. The summed E-state index contributed by atoms with van der Waals surface area (Å²) >= 11 is 0. The maximum atomic E-state index is 5.82. The Balaban J connectivity index is 1.93. The summed E-state index contributed by atoms with van der Waals surface area (Å²) in [4.78, 5) is 2.40. The van der Waals surface area contributed by atoms with Crippen molar-refractivity contribution < 1.29 is 0 Å². The molecule has 13 heavy (non-hydrogen) atoms. The van der Waals surface area contributed by atoms with E-state index in [9.17, 15) is 0 Å². The van der Waals surface area contributed by atoms with Gasteiger partial charge in [0.05, 0.1) is 0 Å². The van der Waals surface area contributed by atoms with Crippen LogP contribution in [0.2, 0.25) is 0 Å². The fourth-order valence-electron chi connectivity index (χ4n) is 1.75. The molecule has 2 atom stereocenters. The standard InChI is InChI=1S/C11H16N2/c1-9-11(12)8-13(9)7-10-5-3-2-4-6-10/h2-6,9,11H,7-8,12H2,1H3/t9-,11+/m0/s1. The Labute approximate surface area is 79.4 Å². The van der Waals surface area contributed by atoms with E-state index in [0.717, 1.165) is 13.1 Å². The van der Waals surface area contributed by atoms with E-state index in [1.165, 1.54) is 5.56 Å². The molecule has 2 rings (SSSR count). The van der Waals surface area contributed by atoms with E-state index in [4.69, 9.17) is 5.73 Å². The average molecular weight is 176 g/mol. The van der Waals surface area contributed by atoms with Gasteiger partial charge in [-0.15, -0.1) is 0 Å². The van der Waals surface area contributed by atoms with Crippen LogP contribution in [-0.2, 0) is 6.54 Å². The first kappa shape index (κ1) is 8.73. The molecule has 0 saturated carbocycles. The molecule has 70 valence electrons. The van der Waals surface area contributed by atoms with Gasteiger partial charge in [-0.1, -0.05) is 30.3 Å². The van der Waals surface area contributed by atoms with Crippen LogP contribution >= 0.6 is 0 Å². The van der Waals surface area contributed by atoms with Crippen LogP contribution in [0.15, 0.2) is 30.3 Å². The summed E-state index contributed by atoms with van der Waals surface area (Å²) < 4.78 is 0. The Morgan fingerprint density at radius 3 is 2.62 bits per heavy atom. The van der Waals surface area contributed by atoms with Gasteiger partial charge in [-0.05, 0) is 12.5 Å². The van der Waals surface area contributed by atoms with Gasteiger partial charge in [-0.25, -0.2) is 0 Å². The van der Waals surface area contributed by atoms with E-state index < -0.39 is 0 Å². The van der Waals surface area contributed by atoms with E-state index in [0.29, 0.717) is 12.1 Å². The van der Waals surface area contributed by atoms with Crippen molar-refractivity contribution in [3.8, 4) is 0 Å². The summed E-state index contributed by atoms with van der Waals surface area (Å²) in [6.07, 6.45) is 0. The molecule has 0 radical (unpaired) electrons. The zero-order valence-corrected chi connectivity index (χ0v) is 7.98. The summed E-state index contributed by atoms with van der Waals surface area (Å²) in [5.41, 5.74) is 7.20. The molecular weight excluding hydrogens is 160 g/mol. The molecule has 1 aliphatic rings. The molecule has 1 aliphatic heterocycles. The quantitative estimate of drug-likeness (QED) is 0.734. The summed E-state index contributed by atoms with van der Waals surface area (Å²) in [5.74, 6) is 0. The fourth-order valence-corrected chi connectivity index (χ4v) is 1.75. The number of likely N-dealkylation sites (tertiary alicyclic amines) is 1. The predicted octanol–water partition coefficient (Wildman–Crippen LogP) is 1.22. The number of nitrogens with zero attached hydrogens (tertiary/aromatic N) is 1. The highest BCUT2D eigenvalue weighted by atomic mass is 15.2. The molecular formula is C11H16N2. The van der Waals surface area contributed by atoms with Crippen molar-refractivity contribution in [2.24, 2.45) is 5.73 Å². The normalized spacial score (nSPS) is 28.5. The molecule has 2 N–H and O–H groups in total. The van der Waals surface area contributed by atoms with Crippen LogP contribution in [0.3, 0.4) is 0 Å². The lowest BCUT2D eigenvalue weighted by Gasteiger charge is -2.44. The van der Waals surface area contributed by atoms with Crippen LogP contribution in [0.4, 0.5) is 0 Å². The largest absolute Gasteiger partial charge is 0.325 e. The number of hydrogen-bond acceptors (Lipinski definition) is 2. The third-order valence-electron chi connectivity index (χ3n) is 2.87. The van der Waals surface area contributed by atoms with E-state index in [-0.39, 0.29) is 0 Å². The topological polar surface area (TPSA) is 29.3 Å². The molecule has 1 heterocycles. The number of benzene rings is 1. The third-order valence-corrected chi connectivity index (χ3v) is 2.87. The first-order chi connectivity index (χ1) is 6.27. The zero-order valence-electron chi connectivity index (χ0n) is 7.98. The highest BCUT2D eigenvalue weighted by Crippen LogP contribution is 2.18. The van der Waals surface area contributed by atoms with Crippen LogP contribution in [0.25, 0.3) is 0 Å². The minimum Gasteiger partial charge on any atom is -0.325 e. The van der Waals surface area contributed by atoms with E-state index >= 15 is 0 Å². The van der Waals surface area contributed by atoms with Gasteiger partial charge < -0.3 is 5.73 Å². The van der Waals surface area contributed by atoms with Crippen LogP contribution in [0.5, 0.6) is 0 Å². The molecule has 1 fully saturated rings. The van der Waals surface area contributed by atoms with Crippen molar-refractivity contribution in [1.29, 1.82) is 0 Å². The van der Waals surface area contributed by atoms with Crippen LogP contribution in [0, 0.1) is 0 Å². The average Bonchev–Trinajstić information content (AvgIpc) is 2.19. The lowest BCUT2D eigenvalue weighted by molar-refractivity contribution is 0.0678. The molecule has 1 saturated heterocycles. The van der Waals surface area contributed by atoms with Gasteiger partial charge in [-0.2, -0.15) is 0 Å². The lowest BCUT2D eigenvalue weighted by Crippen LogP contribution is -2.62. The van der Waals surface area contributed by atoms with Crippen molar-refractivity contribution in [1.82, 2.24) is 4.90 Å². The molecule has 0 aliphatic carbocycles. The minimum atomic E-state index is 0.378. The van der Waals surface area contributed by atoms with Gasteiger partial charge >= 0.3 is 0 Å². The molecule has 1 aromatic rings. The number of hydrogen-bond donors (Lipinski definition) is 1. The number of rotatable bonds is 2. The van der Waals surface area contributed by atoms with Gasteiger partial charge in [0, 0.05) is 25.2 Å². The third kappa shape index (κ3) is 1.74. The van der Waals surface area contributed by atoms with Crippen LogP contribution < -0.4 is 5.73 Å². The maximum Gasteiger partial charge on any atom is 0.0323 e. The van der Waals surface area contributed by atoms with Crippen LogP contribution in [-0.4, -0.2) is 23.5 Å². The Morgan fingerprint density at radius 2 is 2.08 bits per heavy atom. The van der Waals surface area contributed by atoms with E-state index in [2.05, 4.69) is 42.2 Å². The van der Waals surface area contributed by atoms with Crippen molar-refractivity contribution in [3.05, 3.63) is 35.9 Å². The second-order valence-corrected chi connectivity index (χ2v) is 3.82. The molecule has 0 spiro atoms. The van der Waals surface area contributed by atoms with Crippen molar-refractivity contribution in [2.45, 2.75) is 25.6 Å². The van der Waals surface area contributed by atoms with E-state index in [1.807, 2.05) is 0 Å². The second-order valence-electron chi connectivity index (χ2n) is 3.82. The molecule has 0 aromatic heterocycles. The first-order valence-corrected chi connectivity index (χ1v) is 4.81. The fraction of sp³-hybridized carbons (Fsp3) is 0.455. The smallest absolute Gasteiger partial charge is 0.0323 e. The van der Waals surface area contributed by atoms with Crippen molar-refractivity contribution in [2.75, 3.05) is 6.54 Å². The Kier molecular flexibility index (Phi) is 2.34. The SMILES string of the molecule is C[C@H]1[C@H](N)CN1Cc1ccccc1. The van der Waals surface area contributed by atoms with Gasteiger partial charge in [0.15, 0.2) is 0 Å². The molecule has 1 aromatic carbocycles. The minimum absolute atomic E-state index is 0.378. The molecule has 2 heteroatoms. The monoisotopic (exact) mass is 176 g/mol. The second kappa shape index (κ2) is 3.48. The van der Waals surface area contributed by atoms with Gasteiger partial charge in [0.2, 0.25) is 0 Å². The Hall–Kier alpha value is -0.860. The highest BCUT2D eigenvalue weighted by Gasteiger charge is 2.31. The first-order valence-electron chi connectivity index (χ1n) is 4.81. The highest BCUT2D eigenvalue weighted by molar-refractivity contribution is 5.15. The van der Waals surface area contributed by atoms with Crippen molar-refractivity contribution >= 4 is 0 Å².